The Morgan fingerprint density at radius 3 is 2.66 bits per heavy atom. The van der Waals surface area contributed by atoms with Crippen LogP contribution in [-0.4, -0.2) is 24.3 Å². The lowest BCUT2D eigenvalue weighted by Gasteiger charge is -2.25. The Bertz CT molecular complexity index is 1400. The Kier molecular flexibility index (Phi) is 6.30. The highest BCUT2D eigenvalue weighted by Crippen LogP contribution is 2.35. The molecular formula is C24H21ClN2O4S. The molecule has 2 heterocycles. The first-order valence-electron chi connectivity index (χ1n) is 10.0. The summed E-state index contributed by atoms with van der Waals surface area (Å²) in [6, 6.07) is 13.9. The van der Waals surface area contributed by atoms with E-state index in [0.29, 0.717) is 36.9 Å². The zero-order valence-corrected chi connectivity index (χ0v) is 19.4. The summed E-state index contributed by atoms with van der Waals surface area (Å²) in [6.45, 7) is 3.70. The normalized spacial score (nSPS) is 15.9. The van der Waals surface area contributed by atoms with Crippen molar-refractivity contribution < 1.29 is 14.3 Å². The zero-order chi connectivity index (χ0) is 22.8. The fraction of sp³-hybridized carbons (Fsp3) is 0.208. The maximum Gasteiger partial charge on any atom is 0.338 e. The number of methoxy groups -OCH3 is 1. The van der Waals surface area contributed by atoms with Gasteiger partial charge < -0.3 is 9.47 Å². The Balaban J connectivity index is 2.01. The lowest BCUT2D eigenvalue weighted by atomic mass is 9.95. The van der Waals surface area contributed by atoms with Gasteiger partial charge in [-0.25, -0.2) is 9.79 Å². The monoisotopic (exact) mass is 468 g/mol. The van der Waals surface area contributed by atoms with Crippen molar-refractivity contribution in [2.24, 2.45) is 4.99 Å². The van der Waals surface area contributed by atoms with Crippen molar-refractivity contribution in [3.8, 4) is 5.75 Å². The van der Waals surface area contributed by atoms with E-state index in [1.54, 1.807) is 39.2 Å². The molecule has 0 N–H and O–H groups in total. The third-order valence-corrected chi connectivity index (χ3v) is 6.47. The summed E-state index contributed by atoms with van der Waals surface area (Å²) >= 11 is 7.55. The van der Waals surface area contributed by atoms with Crippen molar-refractivity contribution in [2.75, 3.05) is 13.7 Å². The molecular weight excluding hydrogens is 448 g/mol. The number of carbonyl (C=O) groups excluding carboxylic acids is 1. The number of halogens is 1. The average molecular weight is 469 g/mol. The zero-order valence-electron chi connectivity index (χ0n) is 17.8. The molecule has 1 aliphatic rings. The van der Waals surface area contributed by atoms with Crippen LogP contribution in [0.5, 0.6) is 5.75 Å². The van der Waals surface area contributed by atoms with Crippen LogP contribution in [0.2, 0.25) is 5.02 Å². The largest absolute Gasteiger partial charge is 0.496 e. The van der Waals surface area contributed by atoms with Gasteiger partial charge in [-0.2, -0.15) is 0 Å². The second-order valence-electron chi connectivity index (χ2n) is 7.07. The van der Waals surface area contributed by atoms with Crippen LogP contribution in [0.1, 0.15) is 31.0 Å². The van der Waals surface area contributed by atoms with Crippen molar-refractivity contribution in [3.05, 3.63) is 95.6 Å². The first-order chi connectivity index (χ1) is 15.5. The molecule has 6 nitrogen and oxygen atoms in total. The molecule has 0 fully saturated rings. The molecule has 0 bridgehead atoms. The van der Waals surface area contributed by atoms with Crippen LogP contribution in [0.4, 0.5) is 0 Å². The van der Waals surface area contributed by atoms with E-state index < -0.39 is 12.0 Å². The molecule has 0 saturated carbocycles. The quantitative estimate of drug-likeness (QED) is 0.538. The minimum atomic E-state index is -0.727. The molecule has 2 aromatic carbocycles. The van der Waals surface area contributed by atoms with Crippen LogP contribution < -0.4 is 19.6 Å². The molecule has 0 spiro atoms. The molecule has 1 unspecified atom stereocenters. The van der Waals surface area contributed by atoms with Crippen LogP contribution in [0, 0.1) is 0 Å². The first-order valence-corrected chi connectivity index (χ1v) is 11.2. The minimum Gasteiger partial charge on any atom is -0.496 e. The molecule has 0 saturated heterocycles. The second kappa shape index (κ2) is 9.14. The molecule has 1 aromatic heterocycles. The number of thiazole rings is 1. The lowest BCUT2D eigenvalue weighted by Crippen LogP contribution is -2.40. The summed E-state index contributed by atoms with van der Waals surface area (Å²) in [5.74, 6) is 0.0553. The van der Waals surface area contributed by atoms with Crippen molar-refractivity contribution in [2.45, 2.75) is 19.9 Å². The number of allylic oxidation sites excluding steroid dienone is 1. The van der Waals surface area contributed by atoms with Gasteiger partial charge in [-0.05, 0) is 37.6 Å². The first kappa shape index (κ1) is 22.0. The van der Waals surface area contributed by atoms with Crippen molar-refractivity contribution >= 4 is 35.0 Å². The Morgan fingerprint density at radius 1 is 1.22 bits per heavy atom. The third-order valence-electron chi connectivity index (χ3n) is 5.14. The summed E-state index contributed by atoms with van der Waals surface area (Å²) in [5, 5.41) is 0.544. The Hall–Kier alpha value is -3.16. The average Bonchev–Trinajstić information content (AvgIpc) is 3.09. The standard InChI is InChI=1S/C24H21ClN2O4S/c1-4-31-23(29)20-14(2)26-24-27(21(20)16-10-6-8-12-18(16)30-3)22(28)19(32-24)13-15-9-5-7-11-17(15)25/h5-13,21H,4H2,1-3H3/b19-13-. The maximum atomic E-state index is 13.6. The molecule has 3 aromatic rings. The number of rotatable bonds is 5. The van der Waals surface area contributed by atoms with E-state index in [0.717, 1.165) is 5.56 Å². The van der Waals surface area contributed by atoms with Crippen LogP contribution in [0.15, 0.2) is 69.6 Å². The van der Waals surface area contributed by atoms with Crippen molar-refractivity contribution in [1.29, 1.82) is 0 Å². The van der Waals surface area contributed by atoms with E-state index in [4.69, 9.17) is 21.1 Å². The number of fused-ring (bicyclic) bond motifs is 1. The number of aromatic nitrogens is 1. The number of nitrogens with zero attached hydrogens (tertiary/aromatic N) is 2. The van der Waals surface area contributed by atoms with Gasteiger partial charge in [0.15, 0.2) is 4.80 Å². The third kappa shape index (κ3) is 3.89. The maximum absolute atomic E-state index is 13.6. The van der Waals surface area contributed by atoms with Crippen LogP contribution in [0.3, 0.4) is 0 Å². The van der Waals surface area contributed by atoms with Crippen molar-refractivity contribution in [3.63, 3.8) is 0 Å². The Morgan fingerprint density at radius 2 is 1.94 bits per heavy atom. The summed E-state index contributed by atoms with van der Waals surface area (Å²) in [4.78, 5) is 31.6. The number of benzene rings is 2. The number of para-hydroxylation sites is 1. The molecule has 164 valence electrons. The van der Waals surface area contributed by atoms with Crippen molar-refractivity contribution in [1.82, 2.24) is 4.57 Å². The molecule has 0 radical (unpaired) electrons. The number of esters is 1. The van der Waals surface area contributed by atoms with Gasteiger partial charge in [0.2, 0.25) is 0 Å². The van der Waals surface area contributed by atoms with Crippen LogP contribution >= 0.6 is 22.9 Å². The summed E-state index contributed by atoms with van der Waals surface area (Å²) in [6.07, 6.45) is 1.74. The van der Waals surface area contributed by atoms with Gasteiger partial charge in [0.05, 0.1) is 29.5 Å². The van der Waals surface area contributed by atoms with Gasteiger partial charge in [0.1, 0.15) is 11.8 Å². The van der Waals surface area contributed by atoms with Crippen LogP contribution in [-0.2, 0) is 9.53 Å². The predicted octanol–water partition coefficient (Wildman–Crippen LogP) is 3.46. The van der Waals surface area contributed by atoms with Gasteiger partial charge in [0, 0.05) is 10.6 Å². The molecule has 1 aliphatic heterocycles. The summed E-state index contributed by atoms with van der Waals surface area (Å²) < 4.78 is 12.9. The molecule has 1 atom stereocenters. The fourth-order valence-corrected chi connectivity index (χ4v) is 4.94. The minimum absolute atomic E-state index is 0.213. The fourth-order valence-electron chi connectivity index (χ4n) is 3.71. The number of hydrogen-bond acceptors (Lipinski definition) is 6. The number of carbonyl (C=O) groups is 1. The van der Waals surface area contributed by atoms with E-state index in [9.17, 15) is 9.59 Å². The Labute approximate surface area is 193 Å². The topological polar surface area (TPSA) is 69.9 Å². The lowest BCUT2D eigenvalue weighted by molar-refractivity contribution is -0.139. The molecule has 0 aliphatic carbocycles. The van der Waals surface area contributed by atoms with Gasteiger partial charge in [-0.1, -0.05) is 59.3 Å². The van der Waals surface area contributed by atoms with E-state index in [-0.39, 0.29) is 12.2 Å². The molecule has 0 amide bonds. The van der Waals surface area contributed by atoms with Gasteiger partial charge in [-0.3, -0.25) is 9.36 Å². The van der Waals surface area contributed by atoms with Gasteiger partial charge in [0.25, 0.3) is 5.56 Å². The molecule has 8 heteroatoms. The summed E-state index contributed by atoms with van der Waals surface area (Å²) in [5.41, 5.74) is 1.96. The van der Waals surface area contributed by atoms with E-state index in [1.165, 1.54) is 15.9 Å². The van der Waals surface area contributed by atoms with E-state index >= 15 is 0 Å². The number of ether oxygens (including phenoxy) is 2. The van der Waals surface area contributed by atoms with E-state index in [1.807, 2.05) is 36.4 Å². The number of hydrogen-bond donors (Lipinski definition) is 0. The molecule has 32 heavy (non-hydrogen) atoms. The second-order valence-corrected chi connectivity index (χ2v) is 8.48. The van der Waals surface area contributed by atoms with Crippen LogP contribution in [0.25, 0.3) is 6.08 Å². The summed E-state index contributed by atoms with van der Waals surface area (Å²) in [7, 11) is 1.56. The van der Waals surface area contributed by atoms with Gasteiger partial charge in [-0.15, -0.1) is 0 Å². The van der Waals surface area contributed by atoms with Gasteiger partial charge >= 0.3 is 5.97 Å². The highest BCUT2D eigenvalue weighted by molar-refractivity contribution is 7.07. The highest BCUT2D eigenvalue weighted by atomic mass is 35.5. The smallest absolute Gasteiger partial charge is 0.338 e. The predicted molar refractivity (Wildman–Crippen MR) is 125 cm³/mol. The van der Waals surface area contributed by atoms with E-state index in [2.05, 4.69) is 4.99 Å². The molecule has 4 rings (SSSR count). The highest BCUT2D eigenvalue weighted by Gasteiger charge is 2.34. The SMILES string of the molecule is CCOC(=O)C1=C(C)N=c2s/c(=C\c3ccccc3Cl)c(=O)n2C1c1ccccc1OC.